The quantitative estimate of drug-likeness (QED) is 0.561. The molecule has 0 aliphatic carbocycles. The molecule has 1 saturated heterocycles. The predicted molar refractivity (Wildman–Crippen MR) is 98.8 cm³/mol. The Hall–Kier alpha value is -2.93. The van der Waals surface area contributed by atoms with Gasteiger partial charge in [-0.2, -0.15) is 0 Å². The van der Waals surface area contributed by atoms with Crippen molar-refractivity contribution in [3.05, 3.63) is 71.8 Å². The van der Waals surface area contributed by atoms with Crippen molar-refractivity contribution in [2.24, 2.45) is 0 Å². The molecule has 0 saturated carbocycles. The van der Waals surface area contributed by atoms with Crippen molar-refractivity contribution in [3.63, 3.8) is 0 Å². The van der Waals surface area contributed by atoms with E-state index in [1.807, 2.05) is 12.1 Å². The van der Waals surface area contributed by atoms with Gasteiger partial charge in [-0.3, -0.25) is 4.90 Å². The number of amides is 1. The molecule has 1 amide bonds. The monoisotopic (exact) mass is 387 g/mol. The van der Waals surface area contributed by atoms with E-state index < -0.39 is 24.0 Å². The minimum Gasteiger partial charge on any atom is -0.457 e. The molecule has 0 spiro atoms. The highest BCUT2D eigenvalue weighted by molar-refractivity contribution is 5.85. The van der Waals surface area contributed by atoms with E-state index in [1.165, 1.54) is 7.11 Å². The fourth-order valence-electron chi connectivity index (χ4n) is 3.03. The molecule has 6 nitrogen and oxygen atoms in total. The summed E-state index contributed by atoms with van der Waals surface area (Å²) in [6, 6.07) is 17.9. The van der Waals surface area contributed by atoms with Crippen LogP contribution in [0.3, 0.4) is 0 Å². The molecule has 2 aromatic rings. The maximum Gasteiger partial charge on any atom is 0.413 e. The van der Waals surface area contributed by atoms with E-state index in [4.69, 9.17) is 14.2 Å². The Morgan fingerprint density at radius 2 is 1.54 bits per heavy atom. The molecule has 2 atom stereocenters. The minimum absolute atomic E-state index is 0.0248. The Morgan fingerprint density at radius 1 is 1.00 bits per heavy atom. The van der Waals surface area contributed by atoms with Crippen molar-refractivity contribution in [1.82, 2.24) is 4.90 Å². The molecular weight excluding hydrogens is 365 g/mol. The molecule has 2 aromatic carbocycles. The topological polar surface area (TPSA) is 65.1 Å². The van der Waals surface area contributed by atoms with Crippen LogP contribution in [0.1, 0.15) is 17.5 Å². The van der Waals surface area contributed by atoms with Crippen LogP contribution in [0.2, 0.25) is 0 Å². The van der Waals surface area contributed by atoms with Gasteiger partial charge in [-0.1, -0.05) is 60.7 Å². The number of esters is 1. The average molecular weight is 387 g/mol. The minimum atomic E-state index is -2.64. The first-order valence-electron chi connectivity index (χ1n) is 8.94. The second-order valence-corrected chi connectivity index (χ2v) is 6.53. The van der Waals surface area contributed by atoms with Gasteiger partial charge in [0, 0.05) is 13.5 Å². The van der Waals surface area contributed by atoms with E-state index in [-0.39, 0.29) is 26.2 Å². The average Bonchev–Trinajstić information content (AvgIpc) is 3.10. The molecule has 0 aromatic heterocycles. The maximum atomic E-state index is 15.6. The van der Waals surface area contributed by atoms with Crippen molar-refractivity contribution < 1.29 is 28.2 Å². The van der Waals surface area contributed by atoms with Gasteiger partial charge in [-0.05, 0) is 11.1 Å². The van der Waals surface area contributed by atoms with Gasteiger partial charge in [-0.25, -0.2) is 14.0 Å². The smallest absolute Gasteiger partial charge is 0.413 e. The number of halogens is 1. The summed E-state index contributed by atoms with van der Waals surface area (Å²) in [5.41, 5.74) is 1.48. The lowest BCUT2D eigenvalue weighted by atomic mass is 10.1. The van der Waals surface area contributed by atoms with Crippen molar-refractivity contribution in [2.45, 2.75) is 31.5 Å². The van der Waals surface area contributed by atoms with E-state index in [1.54, 1.807) is 48.5 Å². The van der Waals surface area contributed by atoms with Crippen LogP contribution in [0.5, 0.6) is 0 Å². The molecule has 1 aliphatic heterocycles. The van der Waals surface area contributed by atoms with E-state index in [0.29, 0.717) is 0 Å². The number of likely N-dealkylation sites (tertiary alicyclic amines) is 1. The van der Waals surface area contributed by atoms with Gasteiger partial charge in [0.2, 0.25) is 0 Å². The van der Waals surface area contributed by atoms with Crippen molar-refractivity contribution in [1.29, 1.82) is 0 Å². The molecule has 2 unspecified atom stereocenters. The van der Waals surface area contributed by atoms with Crippen molar-refractivity contribution in [2.75, 3.05) is 13.7 Å². The van der Waals surface area contributed by atoms with Gasteiger partial charge >= 0.3 is 12.1 Å². The molecule has 148 valence electrons. The van der Waals surface area contributed by atoms with E-state index in [0.717, 1.165) is 16.0 Å². The lowest BCUT2D eigenvalue weighted by molar-refractivity contribution is -0.169. The molecule has 28 heavy (non-hydrogen) atoms. The highest BCUT2D eigenvalue weighted by atomic mass is 19.1. The third-order valence-electron chi connectivity index (χ3n) is 4.60. The van der Waals surface area contributed by atoms with Crippen LogP contribution in [0, 0.1) is 0 Å². The summed E-state index contributed by atoms with van der Waals surface area (Å²) in [4.78, 5) is 25.7. The maximum absolute atomic E-state index is 15.6. The zero-order valence-corrected chi connectivity index (χ0v) is 15.5. The van der Waals surface area contributed by atoms with Crippen LogP contribution >= 0.6 is 0 Å². The van der Waals surface area contributed by atoms with E-state index in [9.17, 15) is 9.59 Å². The summed E-state index contributed by atoms with van der Waals surface area (Å²) in [6.07, 6.45) is -1.86. The number of methoxy groups -OCH3 is 1. The molecule has 1 heterocycles. The van der Waals surface area contributed by atoms with Crippen molar-refractivity contribution in [3.8, 4) is 0 Å². The third-order valence-corrected chi connectivity index (χ3v) is 4.60. The normalized spacial score (nSPS) is 21.4. The van der Waals surface area contributed by atoms with Gasteiger partial charge < -0.3 is 14.2 Å². The predicted octanol–water partition coefficient (Wildman–Crippen LogP) is 3.45. The van der Waals surface area contributed by atoms with Gasteiger partial charge in [-0.15, -0.1) is 0 Å². The molecule has 7 heteroatoms. The number of ether oxygens (including phenoxy) is 3. The first-order chi connectivity index (χ1) is 13.5. The van der Waals surface area contributed by atoms with Gasteiger partial charge in [0.15, 0.2) is 0 Å². The van der Waals surface area contributed by atoms with E-state index in [2.05, 4.69) is 0 Å². The Kier molecular flexibility index (Phi) is 6.26. The number of hydrogen-bond acceptors (Lipinski definition) is 5. The summed E-state index contributed by atoms with van der Waals surface area (Å²) in [7, 11) is 1.40. The van der Waals surface area contributed by atoms with E-state index >= 15 is 4.39 Å². The standard InChI is InChI=1S/C21H22FNO5/c1-26-18-12-21(22,19(24)27-14-16-8-4-2-5-9-16)23(13-18)20(25)28-15-17-10-6-3-7-11-17/h2-11,18H,12-15H2,1H3. The lowest BCUT2D eigenvalue weighted by Crippen LogP contribution is -2.50. The summed E-state index contributed by atoms with van der Waals surface area (Å²) in [6.45, 7) is -0.208. The van der Waals surface area contributed by atoms with Crippen molar-refractivity contribution >= 4 is 12.1 Å². The lowest BCUT2D eigenvalue weighted by Gasteiger charge is -2.28. The summed E-state index contributed by atoms with van der Waals surface area (Å²) < 4.78 is 31.1. The van der Waals surface area contributed by atoms with Crippen LogP contribution in [-0.4, -0.2) is 42.5 Å². The molecule has 0 bridgehead atoms. The molecule has 3 rings (SSSR count). The Labute approximate surface area is 162 Å². The zero-order valence-electron chi connectivity index (χ0n) is 15.5. The molecule has 1 fully saturated rings. The third kappa shape index (κ3) is 4.48. The first-order valence-corrected chi connectivity index (χ1v) is 8.94. The largest absolute Gasteiger partial charge is 0.457 e. The number of hydrogen-bond donors (Lipinski definition) is 0. The van der Waals surface area contributed by atoms with Crippen LogP contribution in [0.25, 0.3) is 0 Å². The molecular formula is C21H22FNO5. The highest BCUT2D eigenvalue weighted by Crippen LogP contribution is 2.34. The van der Waals surface area contributed by atoms with Gasteiger partial charge in [0.25, 0.3) is 5.79 Å². The van der Waals surface area contributed by atoms with Crippen LogP contribution < -0.4 is 0 Å². The summed E-state index contributed by atoms with van der Waals surface area (Å²) in [5, 5.41) is 0. The number of carbonyl (C=O) groups is 2. The zero-order chi connectivity index (χ0) is 20.0. The Bertz CT molecular complexity index is 801. The van der Waals surface area contributed by atoms with Crippen LogP contribution in [-0.2, 0) is 32.2 Å². The fraction of sp³-hybridized carbons (Fsp3) is 0.333. The SMILES string of the molecule is COC1CN(C(=O)OCc2ccccc2)C(F)(C(=O)OCc2ccccc2)C1. The highest BCUT2D eigenvalue weighted by Gasteiger charge is 2.56. The number of rotatable bonds is 6. The Balaban J connectivity index is 1.67. The molecule has 0 radical (unpaired) electrons. The number of benzene rings is 2. The summed E-state index contributed by atoms with van der Waals surface area (Å²) in [5.74, 6) is -3.77. The first kappa shape index (κ1) is 19.8. The summed E-state index contributed by atoms with van der Waals surface area (Å²) >= 11 is 0. The number of carbonyl (C=O) groups excluding carboxylic acids is 2. The number of nitrogens with zero attached hydrogens (tertiary/aromatic N) is 1. The number of alkyl halides is 1. The molecule has 0 N–H and O–H groups in total. The second kappa shape index (κ2) is 8.84. The second-order valence-electron chi connectivity index (χ2n) is 6.53. The van der Waals surface area contributed by atoms with Gasteiger partial charge in [0.05, 0.1) is 12.6 Å². The Morgan fingerprint density at radius 3 is 2.07 bits per heavy atom. The van der Waals surface area contributed by atoms with Crippen LogP contribution in [0.15, 0.2) is 60.7 Å². The molecule has 1 aliphatic rings. The van der Waals surface area contributed by atoms with Crippen LogP contribution in [0.4, 0.5) is 9.18 Å². The fourth-order valence-corrected chi connectivity index (χ4v) is 3.03. The van der Waals surface area contributed by atoms with Gasteiger partial charge in [0.1, 0.15) is 13.2 Å².